The number of ether oxygens (including phenoxy) is 1. The van der Waals surface area contributed by atoms with Crippen molar-refractivity contribution in [1.82, 2.24) is 4.90 Å². The van der Waals surface area contributed by atoms with Crippen LogP contribution in [-0.4, -0.2) is 22.7 Å². The van der Waals surface area contributed by atoms with Crippen molar-refractivity contribution >= 4 is 60.8 Å². The summed E-state index contributed by atoms with van der Waals surface area (Å²) < 4.78 is 20.1. The number of imide groups is 1. The lowest BCUT2D eigenvalue weighted by Crippen LogP contribution is -2.27. The van der Waals surface area contributed by atoms with Gasteiger partial charge in [-0.25, -0.2) is 4.39 Å². The third-order valence-corrected chi connectivity index (χ3v) is 5.82. The lowest BCUT2D eigenvalue weighted by molar-refractivity contribution is -0.123. The average molecular weight is 515 g/mol. The summed E-state index contributed by atoms with van der Waals surface area (Å²) in [6.07, 6.45) is 1.67. The van der Waals surface area contributed by atoms with Crippen molar-refractivity contribution in [2.24, 2.45) is 0 Å². The Kier molecular flexibility index (Phi) is 6.39. The molecule has 1 heterocycles. The number of hydrogen-bond acceptors (Lipinski definition) is 4. The van der Waals surface area contributed by atoms with E-state index in [1.165, 1.54) is 12.1 Å². The molecule has 27 heavy (non-hydrogen) atoms. The number of carbonyl (C=O) groups is 2. The van der Waals surface area contributed by atoms with Crippen molar-refractivity contribution in [2.75, 3.05) is 6.61 Å². The lowest BCUT2D eigenvalue weighted by atomic mass is 10.2. The van der Waals surface area contributed by atoms with E-state index in [0.29, 0.717) is 22.8 Å². The third-order valence-electron chi connectivity index (χ3n) is 3.73. The molecule has 2 aromatic rings. The minimum atomic E-state index is -0.365. The van der Waals surface area contributed by atoms with Crippen LogP contribution < -0.4 is 4.74 Å². The number of benzene rings is 2. The number of halogens is 3. The zero-order valence-electron chi connectivity index (χ0n) is 14.2. The van der Waals surface area contributed by atoms with Crippen LogP contribution in [-0.2, 0) is 11.3 Å². The van der Waals surface area contributed by atoms with E-state index in [-0.39, 0.29) is 23.5 Å². The van der Waals surface area contributed by atoms with Gasteiger partial charge in [0.1, 0.15) is 11.6 Å². The maximum absolute atomic E-state index is 13.0. The molecule has 2 amide bonds. The van der Waals surface area contributed by atoms with Crippen LogP contribution in [0.25, 0.3) is 6.08 Å². The summed E-state index contributed by atoms with van der Waals surface area (Å²) in [5.41, 5.74) is 1.44. The molecule has 1 fully saturated rings. The van der Waals surface area contributed by atoms with Gasteiger partial charge in [0, 0.05) is 0 Å². The van der Waals surface area contributed by atoms with Crippen LogP contribution in [0.15, 0.2) is 50.2 Å². The van der Waals surface area contributed by atoms with Gasteiger partial charge < -0.3 is 4.74 Å². The van der Waals surface area contributed by atoms with Crippen LogP contribution in [0.1, 0.15) is 18.1 Å². The second-order valence-corrected chi connectivity index (χ2v) is 8.34. The van der Waals surface area contributed by atoms with Gasteiger partial charge in [0.2, 0.25) is 0 Å². The van der Waals surface area contributed by atoms with E-state index >= 15 is 0 Å². The molecule has 2 aromatic carbocycles. The monoisotopic (exact) mass is 513 g/mol. The highest BCUT2D eigenvalue weighted by atomic mass is 79.9. The zero-order chi connectivity index (χ0) is 19.6. The molecule has 0 saturated carbocycles. The number of amides is 2. The summed E-state index contributed by atoms with van der Waals surface area (Å²) >= 11 is 7.79. The Bertz CT molecular complexity index is 908. The number of thioether (sulfide) groups is 1. The quantitative estimate of drug-likeness (QED) is 0.460. The number of rotatable bonds is 5. The minimum Gasteiger partial charge on any atom is -0.492 e. The minimum absolute atomic E-state index is 0.110. The molecule has 1 aliphatic rings. The van der Waals surface area contributed by atoms with Crippen LogP contribution >= 0.6 is 43.6 Å². The topological polar surface area (TPSA) is 46.6 Å². The molecule has 0 aliphatic carbocycles. The molecule has 0 spiro atoms. The molecule has 1 aliphatic heterocycles. The largest absolute Gasteiger partial charge is 0.492 e. The molecule has 0 radical (unpaired) electrons. The van der Waals surface area contributed by atoms with Gasteiger partial charge in [0.15, 0.2) is 0 Å². The van der Waals surface area contributed by atoms with Gasteiger partial charge in [-0.3, -0.25) is 14.5 Å². The van der Waals surface area contributed by atoms with E-state index in [0.717, 1.165) is 31.2 Å². The summed E-state index contributed by atoms with van der Waals surface area (Å²) in [6.45, 7) is 2.53. The number of carbonyl (C=O) groups excluding carboxylic acids is 2. The van der Waals surface area contributed by atoms with Gasteiger partial charge >= 0.3 is 0 Å². The molecule has 0 N–H and O–H groups in total. The highest BCUT2D eigenvalue weighted by Gasteiger charge is 2.35. The average Bonchev–Trinajstić information content (AvgIpc) is 2.87. The van der Waals surface area contributed by atoms with Crippen molar-refractivity contribution in [2.45, 2.75) is 13.5 Å². The summed E-state index contributed by atoms with van der Waals surface area (Å²) in [5.74, 6) is -0.0473. The fraction of sp³-hybridized carbons (Fsp3) is 0.158. The fourth-order valence-electron chi connectivity index (χ4n) is 2.51. The molecule has 0 aromatic heterocycles. The van der Waals surface area contributed by atoms with Crippen molar-refractivity contribution in [3.05, 3.63) is 67.2 Å². The molecule has 0 bridgehead atoms. The first-order valence-corrected chi connectivity index (χ1v) is 10.4. The van der Waals surface area contributed by atoms with Crippen LogP contribution in [0.2, 0.25) is 0 Å². The van der Waals surface area contributed by atoms with Gasteiger partial charge in [-0.1, -0.05) is 12.1 Å². The summed E-state index contributed by atoms with van der Waals surface area (Å²) in [6, 6.07) is 9.37. The van der Waals surface area contributed by atoms with Gasteiger partial charge in [-0.05, 0) is 92.0 Å². The summed E-state index contributed by atoms with van der Waals surface area (Å²) in [5, 5.41) is -0.348. The van der Waals surface area contributed by atoms with Crippen molar-refractivity contribution in [3.63, 3.8) is 0 Å². The molecular weight excluding hydrogens is 501 g/mol. The molecule has 4 nitrogen and oxygen atoms in total. The predicted molar refractivity (Wildman–Crippen MR) is 111 cm³/mol. The molecule has 3 rings (SSSR count). The molecule has 0 unspecified atom stereocenters. The van der Waals surface area contributed by atoms with E-state index in [9.17, 15) is 14.0 Å². The second kappa shape index (κ2) is 8.58. The highest BCUT2D eigenvalue weighted by Crippen LogP contribution is 2.38. The Balaban J connectivity index is 1.82. The Hall–Kier alpha value is -1.64. The van der Waals surface area contributed by atoms with E-state index in [2.05, 4.69) is 31.9 Å². The van der Waals surface area contributed by atoms with Gasteiger partial charge in [-0.15, -0.1) is 0 Å². The number of nitrogens with zero attached hydrogens (tertiary/aromatic N) is 1. The van der Waals surface area contributed by atoms with Crippen molar-refractivity contribution in [1.29, 1.82) is 0 Å². The van der Waals surface area contributed by atoms with E-state index in [1.807, 2.05) is 19.1 Å². The SMILES string of the molecule is CCOc1c(Br)cc(/C=C2\SC(=O)N(Cc3ccc(F)cc3)C2=O)cc1Br. The number of hydrogen-bond donors (Lipinski definition) is 0. The third kappa shape index (κ3) is 4.62. The highest BCUT2D eigenvalue weighted by molar-refractivity contribution is 9.11. The Morgan fingerprint density at radius 2 is 1.78 bits per heavy atom. The van der Waals surface area contributed by atoms with Gasteiger partial charge in [-0.2, -0.15) is 0 Å². The Morgan fingerprint density at radius 1 is 1.15 bits per heavy atom. The first-order valence-electron chi connectivity index (χ1n) is 8.00. The second-order valence-electron chi connectivity index (χ2n) is 5.64. The summed E-state index contributed by atoms with van der Waals surface area (Å²) in [7, 11) is 0. The Labute approximate surface area is 177 Å². The molecule has 140 valence electrons. The van der Waals surface area contributed by atoms with Crippen molar-refractivity contribution in [3.8, 4) is 5.75 Å². The van der Waals surface area contributed by atoms with Gasteiger partial charge in [0.05, 0.1) is 27.0 Å². The first-order chi connectivity index (χ1) is 12.9. The van der Waals surface area contributed by atoms with Crippen LogP contribution in [0.5, 0.6) is 5.75 Å². The smallest absolute Gasteiger partial charge is 0.293 e. The fourth-order valence-corrected chi connectivity index (χ4v) is 4.79. The van der Waals surface area contributed by atoms with Crippen molar-refractivity contribution < 1.29 is 18.7 Å². The van der Waals surface area contributed by atoms with E-state index in [4.69, 9.17) is 4.74 Å². The lowest BCUT2D eigenvalue weighted by Gasteiger charge is -2.12. The molecular formula is C19H14Br2FNO3S. The van der Waals surface area contributed by atoms with Gasteiger partial charge in [0.25, 0.3) is 11.1 Å². The normalized spacial score (nSPS) is 15.7. The molecule has 1 saturated heterocycles. The molecule has 0 atom stereocenters. The summed E-state index contributed by atoms with van der Waals surface area (Å²) in [4.78, 5) is 26.4. The predicted octanol–water partition coefficient (Wildman–Crippen LogP) is 5.99. The zero-order valence-corrected chi connectivity index (χ0v) is 18.2. The van der Waals surface area contributed by atoms with Crippen LogP contribution in [0.3, 0.4) is 0 Å². The maximum atomic E-state index is 13.0. The van der Waals surface area contributed by atoms with Crippen LogP contribution in [0, 0.1) is 5.82 Å². The maximum Gasteiger partial charge on any atom is 0.293 e. The molecule has 8 heteroatoms. The Morgan fingerprint density at radius 3 is 2.37 bits per heavy atom. The van der Waals surface area contributed by atoms with E-state index < -0.39 is 0 Å². The van der Waals surface area contributed by atoms with Crippen LogP contribution in [0.4, 0.5) is 9.18 Å². The van der Waals surface area contributed by atoms with E-state index in [1.54, 1.807) is 18.2 Å². The standard InChI is InChI=1S/C19H14Br2FNO3S/c1-2-26-17-14(20)7-12(8-15(17)21)9-16-18(24)23(19(25)27-16)10-11-3-5-13(22)6-4-11/h3-9H,2,10H2,1H3/b16-9-. The first kappa shape index (κ1) is 20.1.